The molecule has 0 unspecified atom stereocenters. The molecule has 0 amide bonds. The minimum absolute atomic E-state index is 0.137. The number of rotatable bonds is 5. The molecular weight excluding hydrogens is 273 g/mol. The van der Waals surface area contributed by atoms with Gasteiger partial charge in [0.1, 0.15) is 6.61 Å². The first-order valence-electron chi connectivity index (χ1n) is 6.48. The average molecular weight is 290 g/mol. The van der Waals surface area contributed by atoms with Crippen LogP contribution in [-0.4, -0.2) is 31.8 Å². The van der Waals surface area contributed by atoms with Gasteiger partial charge in [-0.15, -0.1) is 0 Å². The summed E-state index contributed by atoms with van der Waals surface area (Å²) in [7, 11) is 0. The van der Waals surface area contributed by atoms with E-state index in [2.05, 4.69) is 0 Å². The molecular formula is C14H17F3O3. The second-order valence-electron chi connectivity index (χ2n) is 4.67. The molecule has 0 saturated carbocycles. The van der Waals surface area contributed by atoms with Gasteiger partial charge >= 0.3 is 6.18 Å². The molecule has 1 aliphatic rings. The number of hydrogen-bond acceptors (Lipinski definition) is 3. The van der Waals surface area contributed by atoms with Crippen LogP contribution in [-0.2, 0) is 20.8 Å². The van der Waals surface area contributed by atoms with Crippen LogP contribution in [0.1, 0.15) is 18.4 Å². The van der Waals surface area contributed by atoms with Crippen LogP contribution in [0.25, 0.3) is 0 Å². The van der Waals surface area contributed by atoms with E-state index < -0.39 is 19.1 Å². The van der Waals surface area contributed by atoms with Crippen LogP contribution >= 0.6 is 0 Å². The topological polar surface area (TPSA) is 27.7 Å². The van der Waals surface area contributed by atoms with Crippen molar-refractivity contribution in [3.05, 3.63) is 35.9 Å². The molecule has 0 radical (unpaired) electrons. The Labute approximate surface area is 115 Å². The lowest BCUT2D eigenvalue weighted by atomic mass is 10.1. The first kappa shape index (κ1) is 15.3. The molecule has 1 aliphatic heterocycles. The van der Waals surface area contributed by atoms with E-state index in [0.717, 1.165) is 5.56 Å². The molecule has 1 aromatic rings. The first-order valence-corrected chi connectivity index (χ1v) is 6.48. The van der Waals surface area contributed by atoms with E-state index in [-0.39, 0.29) is 6.10 Å². The molecule has 1 saturated heterocycles. The summed E-state index contributed by atoms with van der Waals surface area (Å²) in [6.07, 6.45) is -4.32. The molecule has 0 spiro atoms. The molecule has 0 aliphatic carbocycles. The van der Waals surface area contributed by atoms with Gasteiger partial charge in [-0.2, -0.15) is 13.2 Å². The van der Waals surface area contributed by atoms with Crippen LogP contribution in [0.5, 0.6) is 0 Å². The lowest BCUT2D eigenvalue weighted by molar-refractivity contribution is -0.248. The minimum atomic E-state index is -4.33. The second-order valence-corrected chi connectivity index (χ2v) is 4.67. The summed E-state index contributed by atoms with van der Waals surface area (Å²) >= 11 is 0. The van der Waals surface area contributed by atoms with Crippen LogP contribution in [0, 0.1) is 0 Å². The maximum Gasteiger partial charge on any atom is 0.411 e. The van der Waals surface area contributed by atoms with Gasteiger partial charge in [-0.1, -0.05) is 30.3 Å². The van der Waals surface area contributed by atoms with E-state index >= 15 is 0 Å². The van der Waals surface area contributed by atoms with Crippen LogP contribution in [0.2, 0.25) is 0 Å². The zero-order valence-electron chi connectivity index (χ0n) is 10.9. The quantitative estimate of drug-likeness (QED) is 0.833. The normalized spacial score (nSPS) is 23.8. The van der Waals surface area contributed by atoms with E-state index in [4.69, 9.17) is 14.2 Å². The fourth-order valence-electron chi connectivity index (χ4n) is 1.97. The van der Waals surface area contributed by atoms with Crippen LogP contribution in [0.15, 0.2) is 30.3 Å². The van der Waals surface area contributed by atoms with Crippen molar-refractivity contribution < 1.29 is 27.4 Å². The van der Waals surface area contributed by atoms with E-state index in [1.807, 2.05) is 30.3 Å². The fourth-order valence-corrected chi connectivity index (χ4v) is 1.97. The van der Waals surface area contributed by atoms with Gasteiger partial charge in [-0.3, -0.25) is 0 Å². The summed E-state index contributed by atoms with van der Waals surface area (Å²) in [6.45, 7) is -0.497. The highest BCUT2D eigenvalue weighted by atomic mass is 19.4. The maximum atomic E-state index is 12.1. The monoisotopic (exact) mass is 290 g/mol. The number of alkyl halides is 3. The highest BCUT2D eigenvalue weighted by molar-refractivity contribution is 5.13. The summed E-state index contributed by atoms with van der Waals surface area (Å²) < 4.78 is 51.7. The number of hydrogen-bond donors (Lipinski definition) is 0. The van der Waals surface area contributed by atoms with Gasteiger partial charge in [0.15, 0.2) is 6.29 Å². The summed E-state index contributed by atoms with van der Waals surface area (Å²) in [5.74, 6) is 0. The standard InChI is InChI=1S/C14H17F3O3/c15-14(16,17)10-20-13-8-12(6-7-18-13)19-9-11-4-2-1-3-5-11/h1-5,12-13H,6-10H2/t12-,13-/m0/s1. The summed E-state index contributed by atoms with van der Waals surface area (Å²) in [6, 6.07) is 9.63. The van der Waals surface area contributed by atoms with Crippen molar-refractivity contribution in [2.75, 3.05) is 13.2 Å². The van der Waals surface area contributed by atoms with Gasteiger partial charge in [0.05, 0.1) is 19.3 Å². The third-order valence-corrected chi connectivity index (χ3v) is 2.96. The van der Waals surface area contributed by atoms with Crippen molar-refractivity contribution >= 4 is 0 Å². The Morgan fingerprint density at radius 1 is 1.15 bits per heavy atom. The van der Waals surface area contributed by atoms with Gasteiger partial charge in [0, 0.05) is 6.42 Å². The molecule has 20 heavy (non-hydrogen) atoms. The smallest absolute Gasteiger partial charge is 0.373 e. The lowest BCUT2D eigenvalue weighted by Crippen LogP contribution is -2.34. The Morgan fingerprint density at radius 2 is 1.90 bits per heavy atom. The summed E-state index contributed by atoms with van der Waals surface area (Å²) in [5.41, 5.74) is 1.03. The van der Waals surface area contributed by atoms with E-state index in [1.54, 1.807) is 0 Å². The molecule has 1 heterocycles. The molecule has 0 aromatic heterocycles. The Kier molecular flexibility index (Phi) is 5.39. The zero-order chi connectivity index (χ0) is 14.4. The van der Waals surface area contributed by atoms with Crippen LogP contribution in [0.4, 0.5) is 13.2 Å². The molecule has 112 valence electrons. The lowest BCUT2D eigenvalue weighted by Gasteiger charge is -2.29. The molecule has 2 atom stereocenters. The molecule has 1 aromatic carbocycles. The SMILES string of the molecule is FC(F)(F)CO[C@H]1C[C@@H](OCc2ccccc2)CCO1. The van der Waals surface area contributed by atoms with Crippen molar-refractivity contribution in [3.63, 3.8) is 0 Å². The Bertz CT molecular complexity index is 394. The van der Waals surface area contributed by atoms with Crippen LogP contribution in [0.3, 0.4) is 0 Å². The molecule has 0 N–H and O–H groups in total. The highest BCUT2D eigenvalue weighted by Gasteiger charge is 2.31. The first-order chi connectivity index (χ1) is 9.53. The van der Waals surface area contributed by atoms with Crippen molar-refractivity contribution in [2.24, 2.45) is 0 Å². The zero-order valence-corrected chi connectivity index (χ0v) is 10.9. The Balaban J connectivity index is 1.73. The minimum Gasteiger partial charge on any atom is -0.373 e. The summed E-state index contributed by atoms with van der Waals surface area (Å²) in [5, 5.41) is 0. The number of ether oxygens (including phenoxy) is 3. The molecule has 3 nitrogen and oxygen atoms in total. The fraction of sp³-hybridized carbons (Fsp3) is 0.571. The van der Waals surface area contributed by atoms with E-state index in [1.165, 1.54) is 0 Å². The van der Waals surface area contributed by atoms with Crippen molar-refractivity contribution in [1.29, 1.82) is 0 Å². The highest BCUT2D eigenvalue weighted by Crippen LogP contribution is 2.22. The molecule has 0 bridgehead atoms. The Hall–Kier alpha value is -1.11. The van der Waals surface area contributed by atoms with Gasteiger partial charge in [-0.05, 0) is 12.0 Å². The second kappa shape index (κ2) is 7.06. The van der Waals surface area contributed by atoms with Gasteiger partial charge < -0.3 is 14.2 Å². The van der Waals surface area contributed by atoms with Crippen LogP contribution < -0.4 is 0 Å². The van der Waals surface area contributed by atoms with Crippen molar-refractivity contribution in [1.82, 2.24) is 0 Å². The van der Waals surface area contributed by atoms with Crippen molar-refractivity contribution in [3.8, 4) is 0 Å². The van der Waals surface area contributed by atoms with Crippen molar-refractivity contribution in [2.45, 2.75) is 38.0 Å². The van der Waals surface area contributed by atoms with Gasteiger partial charge in [0.2, 0.25) is 0 Å². The number of benzene rings is 1. The summed E-state index contributed by atoms with van der Waals surface area (Å²) in [4.78, 5) is 0. The Morgan fingerprint density at radius 3 is 2.60 bits per heavy atom. The third-order valence-electron chi connectivity index (χ3n) is 2.96. The predicted molar refractivity (Wildman–Crippen MR) is 66.0 cm³/mol. The average Bonchev–Trinajstić information content (AvgIpc) is 2.44. The van der Waals surface area contributed by atoms with Gasteiger partial charge in [0.25, 0.3) is 0 Å². The van der Waals surface area contributed by atoms with E-state index in [9.17, 15) is 13.2 Å². The third kappa shape index (κ3) is 5.48. The maximum absolute atomic E-state index is 12.1. The predicted octanol–water partition coefficient (Wildman–Crippen LogP) is 3.29. The van der Waals surface area contributed by atoms with E-state index in [0.29, 0.717) is 26.1 Å². The molecule has 2 rings (SSSR count). The largest absolute Gasteiger partial charge is 0.411 e. The number of halogens is 3. The molecule has 1 fully saturated rings. The molecule has 6 heteroatoms. The van der Waals surface area contributed by atoms with Gasteiger partial charge in [-0.25, -0.2) is 0 Å².